The number of aromatic nitrogens is 2. The van der Waals surface area contributed by atoms with Gasteiger partial charge in [0.15, 0.2) is 0 Å². The van der Waals surface area contributed by atoms with E-state index in [1.165, 1.54) is 18.3 Å². The van der Waals surface area contributed by atoms with Crippen molar-refractivity contribution in [3.63, 3.8) is 0 Å². The van der Waals surface area contributed by atoms with E-state index in [4.69, 9.17) is 5.84 Å². The predicted octanol–water partition coefficient (Wildman–Crippen LogP) is 1.23. The van der Waals surface area contributed by atoms with Crippen molar-refractivity contribution in [1.29, 1.82) is 0 Å². The first-order valence-corrected chi connectivity index (χ1v) is 5.76. The number of hydrogen-bond donors (Lipinski definition) is 2. The highest BCUT2D eigenvalue weighted by atomic mass is 16.6. The zero-order valence-electron chi connectivity index (χ0n) is 11.0. The number of nitrogens with zero attached hydrogens (tertiary/aromatic N) is 3. The zero-order valence-corrected chi connectivity index (χ0v) is 11.0. The summed E-state index contributed by atoms with van der Waals surface area (Å²) in [5.74, 6) is 5.74. The van der Waals surface area contributed by atoms with E-state index < -0.39 is 4.92 Å². The molecule has 1 heterocycles. The third kappa shape index (κ3) is 2.44. The fourth-order valence-electron chi connectivity index (χ4n) is 1.63. The maximum absolute atomic E-state index is 11.7. The summed E-state index contributed by atoms with van der Waals surface area (Å²) in [4.78, 5) is 26.0. The van der Waals surface area contributed by atoms with Crippen molar-refractivity contribution in [2.75, 3.05) is 11.2 Å². The first kappa shape index (κ1) is 13.5. The molecule has 3 N–H and O–H groups in total. The van der Waals surface area contributed by atoms with Gasteiger partial charge < -0.3 is 11.2 Å². The Hall–Kier alpha value is -2.90. The van der Waals surface area contributed by atoms with Crippen molar-refractivity contribution in [1.82, 2.24) is 9.66 Å². The van der Waals surface area contributed by atoms with Gasteiger partial charge in [-0.2, -0.15) is 4.68 Å². The van der Waals surface area contributed by atoms with Gasteiger partial charge in [-0.15, -0.1) is 0 Å². The second kappa shape index (κ2) is 5.00. The van der Waals surface area contributed by atoms with Crippen molar-refractivity contribution < 1.29 is 4.92 Å². The van der Waals surface area contributed by atoms with Crippen LogP contribution in [0.5, 0.6) is 0 Å². The van der Waals surface area contributed by atoms with Gasteiger partial charge in [0, 0.05) is 23.9 Å². The van der Waals surface area contributed by atoms with Crippen molar-refractivity contribution >= 4 is 17.3 Å². The van der Waals surface area contributed by atoms with Crippen LogP contribution >= 0.6 is 0 Å². The predicted molar refractivity (Wildman–Crippen MR) is 74.5 cm³/mol. The number of nitro groups is 1. The molecule has 0 saturated heterocycles. The van der Waals surface area contributed by atoms with Crippen LogP contribution in [0.25, 0.3) is 0 Å². The van der Waals surface area contributed by atoms with Gasteiger partial charge in [-0.25, -0.2) is 4.98 Å². The molecule has 104 valence electrons. The summed E-state index contributed by atoms with van der Waals surface area (Å²) in [6.45, 7) is 3.38. The molecule has 0 saturated carbocycles. The van der Waals surface area contributed by atoms with Crippen molar-refractivity contribution in [3.05, 3.63) is 56.0 Å². The van der Waals surface area contributed by atoms with Crippen LogP contribution in [0.1, 0.15) is 11.1 Å². The van der Waals surface area contributed by atoms with Crippen molar-refractivity contribution in [3.8, 4) is 0 Å². The number of hydrogen-bond acceptors (Lipinski definition) is 6. The summed E-state index contributed by atoms with van der Waals surface area (Å²) in [6, 6.07) is 4.37. The molecule has 0 amide bonds. The van der Waals surface area contributed by atoms with E-state index in [0.717, 1.165) is 10.2 Å². The normalized spacial score (nSPS) is 10.3. The highest BCUT2D eigenvalue weighted by Crippen LogP contribution is 2.23. The van der Waals surface area contributed by atoms with Crippen LogP contribution in [0, 0.1) is 24.0 Å². The Balaban J connectivity index is 2.45. The number of anilines is 2. The number of nitro benzene ring substituents is 1. The third-order valence-corrected chi connectivity index (χ3v) is 2.84. The number of non-ortho nitro benzene ring substituents is 1. The standard InChI is InChI=1S/C12H13N5O3/c1-7-3-4-9(17(19)20)5-10(7)15-12-14-6-8(2)11(18)16(12)13/h3-6H,13H2,1-2H3,(H,14,15). The van der Waals surface area contributed by atoms with E-state index in [0.29, 0.717) is 11.3 Å². The Labute approximate surface area is 114 Å². The molecule has 0 radical (unpaired) electrons. The Morgan fingerprint density at radius 2 is 2.05 bits per heavy atom. The van der Waals surface area contributed by atoms with Gasteiger partial charge in [0.2, 0.25) is 5.95 Å². The van der Waals surface area contributed by atoms with Gasteiger partial charge in [-0.05, 0) is 19.4 Å². The van der Waals surface area contributed by atoms with Gasteiger partial charge in [0.25, 0.3) is 11.2 Å². The lowest BCUT2D eigenvalue weighted by atomic mass is 10.2. The summed E-state index contributed by atoms with van der Waals surface area (Å²) < 4.78 is 0.869. The van der Waals surface area contributed by atoms with E-state index in [1.54, 1.807) is 19.9 Å². The molecule has 1 aromatic carbocycles. The Bertz CT molecular complexity index is 738. The molecule has 2 rings (SSSR count). The third-order valence-electron chi connectivity index (χ3n) is 2.84. The molecule has 0 spiro atoms. The maximum Gasteiger partial charge on any atom is 0.276 e. The molecular formula is C12H13N5O3. The molecule has 20 heavy (non-hydrogen) atoms. The molecule has 0 unspecified atom stereocenters. The number of rotatable bonds is 3. The zero-order chi connectivity index (χ0) is 14.9. The lowest BCUT2D eigenvalue weighted by Crippen LogP contribution is -2.31. The molecule has 2 aromatic rings. The first-order chi connectivity index (χ1) is 9.40. The van der Waals surface area contributed by atoms with E-state index in [-0.39, 0.29) is 17.2 Å². The van der Waals surface area contributed by atoms with E-state index in [1.807, 2.05) is 0 Å². The van der Waals surface area contributed by atoms with Crippen LogP contribution in [-0.4, -0.2) is 14.6 Å². The SMILES string of the molecule is Cc1ccc([N+](=O)[O-])cc1Nc1ncc(C)c(=O)n1N. The van der Waals surface area contributed by atoms with Crippen molar-refractivity contribution in [2.24, 2.45) is 0 Å². The summed E-state index contributed by atoms with van der Waals surface area (Å²) in [6.07, 6.45) is 1.39. The number of benzene rings is 1. The fraction of sp³-hybridized carbons (Fsp3) is 0.167. The molecule has 8 nitrogen and oxygen atoms in total. The van der Waals surface area contributed by atoms with Crippen LogP contribution in [0.4, 0.5) is 17.3 Å². The fourth-order valence-corrected chi connectivity index (χ4v) is 1.63. The van der Waals surface area contributed by atoms with Crippen LogP contribution in [-0.2, 0) is 0 Å². The largest absolute Gasteiger partial charge is 0.333 e. The molecule has 8 heteroatoms. The second-order valence-corrected chi connectivity index (χ2v) is 4.32. The van der Waals surface area contributed by atoms with Crippen LogP contribution < -0.4 is 16.7 Å². The highest BCUT2D eigenvalue weighted by Gasteiger charge is 2.11. The number of aryl methyl sites for hydroxylation is 2. The average Bonchev–Trinajstić information content (AvgIpc) is 2.41. The summed E-state index contributed by atoms with van der Waals surface area (Å²) in [5.41, 5.74) is 1.20. The Kier molecular flexibility index (Phi) is 3.38. The second-order valence-electron chi connectivity index (χ2n) is 4.32. The summed E-state index contributed by atoms with van der Waals surface area (Å²) >= 11 is 0. The van der Waals surface area contributed by atoms with Gasteiger partial charge in [-0.1, -0.05) is 6.07 Å². The molecule has 0 bridgehead atoms. The lowest BCUT2D eigenvalue weighted by molar-refractivity contribution is -0.384. The van der Waals surface area contributed by atoms with E-state index >= 15 is 0 Å². The molecule has 0 aliphatic carbocycles. The monoisotopic (exact) mass is 275 g/mol. The minimum absolute atomic E-state index is 0.0591. The topological polar surface area (TPSA) is 116 Å². The summed E-state index contributed by atoms with van der Waals surface area (Å²) in [5, 5.41) is 13.6. The van der Waals surface area contributed by atoms with Gasteiger partial charge in [0.05, 0.1) is 10.6 Å². The quantitative estimate of drug-likeness (QED) is 0.494. The number of nitrogens with one attached hydrogen (secondary N) is 1. The van der Waals surface area contributed by atoms with Crippen LogP contribution in [0.15, 0.2) is 29.2 Å². The highest BCUT2D eigenvalue weighted by molar-refractivity contribution is 5.62. The van der Waals surface area contributed by atoms with Crippen molar-refractivity contribution in [2.45, 2.75) is 13.8 Å². The molecule has 1 aromatic heterocycles. The van der Waals surface area contributed by atoms with Gasteiger partial charge in [-0.3, -0.25) is 14.9 Å². The first-order valence-electron chi connectivity index (χ1n) is 5.76. The van der Waals surface area contributed by atoms with E-state index in [2.05, 4.69) is 10.3 Å². The lowest BCUT2D eigenvalue weighted by Gasteiger charge is -2.11. The molecule has 0 aliphatic rings. The van der Waals surface area contributed by atoms with Crippen LogP contribution in [0.3, 0.4) is 0 Å². The average molecular weight is 275 g/mol. The number of nitrogens with two attached hydrogens (primary N) is 1. The minimum Gasteiger partial charge on any atom is -0.333 e. The Morgan fingerprint density at radius 3 is 2.70 bits per heavy atom. The Morgan fingerprint density at radius 1 is 1.35 bits per heavy atom. The smallest absolute Gasteiger partial charge is 0.276 e. The van der Waals surface area contributed by atoms with E-state index in [9.17, 15) is 14.9 Å². The maximum atomic E-state index is 11.7. The van der Waals surface area contributed by atoms with Crippen LogP contribution in [0.2, 0.25) is 0 Å². The molecular weight excluding hydrogens is 262 g/mol. The summed E-state index contributed by atoms with van der Waals surface area (Å²) in [7, 11) is 0. The van der Waals surface area contributed by atoms with Gasteiger partial charge in [0.1, 0.15) is 0 Å². The number of nitrogen functional groups attached to an aromatic ring is 1. The van der Waals surface area contributed by atoms with Gasteiger partial charge >= 0.3 is 0 Å². The molecule has 0 aliphatic heterocycles. The molecule has 0 atom stereocenters. The minimum atomic E-state index is -0.497. The molecule has 0 fully saturated rings.